The van der Waals surface area contributed by atoms with Crippen molar-refractivity contribution in [2.24, 2.45) is 0 Å². The van der Waals surface area contributed by atoms with Crippen molar-refractivity contribution in [3.05, 3.63) is 63.7 Å². The monoisotopic (exact) mass is 402 g/mol. The summed E-state index contributed by atoms with van der Waals surface area (Å²) in [5, 5.41) is 13.7. The third-order valence-electron chi connectivity index (χ3n) is 3.75. The average Bonchev–Trinajstić information content (AvgIpc) is 2.66. The molecule has 2 rings (SSSR count). The van der Waals surface area contributed by atoms with Crippen molar-refractivity contribution in [2.45, 2.75) is 24.8 Å². The summed E-state index contributed by atoms with van der Waals surface area (Å²) in [5.74, 6) is -1.49. The number of thioether (sulfide) groups is 1. The molecule has 2 aromatic carbocycles. The van der Waals surface area contributed by atoms with E-state index in [1.807, 2.05) is 0 Å². The van der Waals surface area contributed by atoms with Crippen LogP contribution in [0.1, 0.15) is 34.6 Å². The highest BCUT2D eigenvalue weighted by Gasteiger charge is 2.23. The van der Waals surface area contributed by atoms with E-state index < -0.39 is 22.8 Å². The lowest BCUT2D eigenvalue weighted by atomic mass is 10.1. The second-order valence-electron chi connectivity index (χ2n) is 5.81. The smallest absolute Gasteiger partial charge is 0.339 e. The molecule has 0 aromatic heterocycles. The highest BCUT2D eigenvalue weighted by Crippen LogP contribution is 2.28. The molecule has 8 nitrogen and oxygen atoms in total. The van der Waals surface area contributed by atoms with Crippen molar-refractivity contribution in [1.82, 2.24) is 0 Å². The molecular formula is C19H18N2O6S. The number of rotatable bonds is 7. The third-order valence-corrected chi connectivity index (χ3v) is 4.54. The summed E-state index contributed by atoms with van der Waals surface area (Å²) in [4.78, 5) is 46.7. The molecule has 0 aliphatic rings. The first kappa shape index (κ1) is 21.1. The fraction of sp³-hybridized carbons (Fsp3) is 0.211. The number of hydrogen-bond acceptors (Lipinski definition) is 7. The molecule has 2 aromatic rings. The second kappa shape index (κ2) is 9.14. The van der Waals surface area contributed by atoms with Gasteiger partial charge in [0.25, 0.3) is 5.69 Å². The molecule has 0 bridgehead atoms. The first-order valence-electron chi connectivity index (χ1n) is 8.18. The summed E-state index contributed by atoms with van der Waals surface area (Å²) in [6.45, 7) is 2.79. The Morgan fingerprint density at radius 3 is 2.25 bits per heavy atom. The Kier molecular flexibility index (Phi) is 6.89. The quantitative estimate of drug-likeness (QED) is 0.247. The Morgan fingerprint density at radius 2 is 1.71 bits per heavy atom. The van der Waals surface area contributed by atoms with Crippen LogP contribution in [0.25, 0.3) is 0 Å². The number of hydrogen-bond donors (Lipinski definition) is 1. The second-order valence-corrected chi connectivity index (χ2v) is 6.66. The van der Waals surface area contributed by atoms with E-state index in [-0.39, 0.29) is 17.2 Å². The van der Waals surface area contributed by atoms with Gasteiger partial charge in [-0.2, -0.15) is 0 Å². The molecule has 0 heterocycles. The zero-order chi connectivity index (χ0) is 20.8. The van der Waals surface area contributed by atoms with E-state index in [4.69, 9.17) is 4.74 Å². The van der Waals surface area contributed by atoms with Crippen molar-refractivity contribution in [3.8, 4) is 0 Å². The Hall–Kier alpha value is -3.20. The Labute approximate surface area is 165 Å². The molecule has 28 heavy (non-hydrogen) atoms. The number of benzene rings is 2. The maximum atomic E-state index is 12.4. The summed E-state index contributed by atoms with van der Waals surface area (Å²) in [6, 6.07) is 10.2. The molecule has 0 unspecified atom stereocenters. The van der Waals surface area contributed by atoms with E-state index in [9.17, 15) is 24.5 Å². The number of esters is 1. The Balaban J connectivity index is 2.11. The van der Waals surface area contributed by atoms with Gasteiger partial charge in [-0.05, 0) is 49.6 Å². The molecule has 146 valence electrons. The zero-order valence-electron chi connectivity index (χ0n) is 15.4. The van der Waals surface area contributed by atoms with Gasteiger partial charge >= 0.3 is 5.97 Å². The lowest BCUT2D eigenvalue weighted by Crippen LogP contribution is -2.24. The van der Waals surface area contributed by atoms with Gasteiger partial charge in [-0.3, -0.25) is 19.7 Å². The van der Waals surface area contributed by atoms with Gasteiger partial charge in [-0.25, -0.2) is 4.79 Å². The highest BCUT2D eigenvalue weighted by molar-refractivity contribution is 7.98. The van der Waals surface area contributed by atoms with Crippen LogP contribution in [-0.2, 0) is 9.53 Å². The summed E-state index contributed by atoms with van der Waals surface area (Å²) in [7, 11) is 0. The molecule has 0 saturated carbocycles. The normalized spacial score (nSPS) is 11.4. The van der Waals surface area contributed by atoms with E-state index in [1.165, 1.54) is 49.9 Å². The van der Waals surface area contributed by atoms with Crippen LogP contribution in [0.3, 0.4) is 0 Å². The molecule has 0 radical (unpaired) electrons. The Morgan fingerprint density at radius 1 is 1.11 bits per heavy atom. The SMILES string of the molecule is CSc1ccc(C(=O)O[C@H](C)C(=O)c2ccc(NC(C)=O)cc2)cc1[N+](=O)[O-]. The fourth-order valence-corrected chi connectivity index (χ4v) is 2.94. The first-order chi connectivity index (χ1) is 13.2. The van der Waals surface area contributed by atoms with Crippen molar-refractivity contribution in [3.63, 3.8) is 0 Å². The minimum absolute atomic E-state index is 0.00911. The van der Waals surface area contributed by atoms with Crippen molar-refractivity contribution >= 4 is 40.8 Å². The largest absolute Gasteiger partial charge is 0.451 e. The van der Waals surface area contributed by atoms with Crippen molar-refractivity contribution in [2.75, 3.05) is 11.6 Å². The fourth-order valence-electron chi connectivity index (χ4n) is 2.40. The number of ketones is 1. The summed E-state index contributed by atoms with van der Waals surface area (Å²) < 4.78 is 5.17. The maximum absolute atomic E-state index is 12.4. The Bertz CT molecular complexity index is 927. The van der Waals surface area contributed by atoms with Gasteiger partial charge in [0.05, 0.1) is 15.4 Å². The van der Waals surface area contributed by atoms with Crippen LogP contribution in [-0.4, -0.2) is 34.9 Å². The number of nitro groups is 1. The molecule has 1 N–H and O–H groups in total. The molecule has 0 aliphatic heterocycles. The van der Waals surface area contributed by atoms with Gasteiger partial charge in [-0.15, -0.1) is 11.8 Å². The van der Waals surface area contributed by atoms with Crippen molar-refractivity contribution in [1.29, 1.82) is 0 Å². The van der Waals surface area contributed by atoms with Gasteiger partial charge in [0.15, 0.2) is 6.10 Å². The number of anilines is 1. The summed E-state index contributed by atoms with van der Waals surface area (Å²) in [5.41, 5.74) is 0.632. The topological polar surface area (TPSA) is 116 Å². The average molecular weight is 402 g/mol. The van der Waals surface area contributed by atoms with Crippen LogP contribution in [0.4, 0.5) is 11.4 Å². The number of amides is 1. The minimum Gasteiger partial charge on any atom is -0.451 e. The highest BCUT2D eigenvalue weighted by atomic mass is 32.2. The predicted octanol–water partition coefficient (Wildman–Crippen LogP) is 3.70. The lowest BCUT2D eigenvalue weighted by Gasteiger charge is -2.13. The van der Waals surface area contributed by atoms with E-state index in [0.29, 0.717) is 16.1 Å². The number of nitrogens with zero attached hydrogens (tertiary/aromatic N) is 1. The number of carbonyl (C=O) groups is 3. The molecule has 0 aliphatic carbocycles. The van der Waals surface area contributed by atoms with E-state index in [1.54, 1.807) is 18.4 Å². The van der Waals surface area contributed by atoms with Gasteiger partial charge < -0.3 is 10.1 Å². The molecule has 1 atom stereocenters. The lowest BCUT2D eigenvalue weighted by molar-refractivity contribution is -0.387. The molecule has 0 spiro atoms. The number of ether oxygens (including phenoxy) is 1. The van der Waals surface area contributed by atoms with Crippen LogP contribution in [0, 0.1) is 10.1 Å². The van der Waals surface area contributed by atoms with Crippen LogP contribution in [0.5, 0.6) is 0 Å². The van der Waals surface area contributed by atoms with Gasteiger partial charge in [0, 0.05) is 24.2 Å². The van der Waals surface area contributed by atoms with Crippen LogP contribution in [0.15, 0.2) is 47.4 Å². The first-order valence-corrected chi connectivity index (χ1v) is 9.40. The standard InChI is InChI=1S/C19H18N2O6S/c1-11(18(23)13-4-7-15(8-5-13)20-12(2)22)27-19(24)14-6-9-17(28-3)16(10-14)21(25)26/h4-11H,1-3H3,(H,20,22)/t11-/m1/s1. The number of Topliss-reactive ketones (excluding diaryl/α,β-unsaturated/α-hetero) is 1. The van der Waals surface area contributed by atoms with Crippen LogP contribution < -0.4 is 5.32 Å². The third kappa shape index (κ3) is 5.17. The molecule has 0 fully saturated rings. The van der Waals surface area contributed by atoms with Gasteiger partial charge in [0.2, 0.25) is 11.7 Å². The zero-order valence-corrected chi connectivity index (χ0v) is 16.2. The number of carbonyl (C=O) groups excluding carboxylic acids is 3. The molecule has 1 amide bonds. The molecule has 9 heteroatoms. The van der Waals surface area contributed by atoms with Gasteiger partial charge in [-0.1, -0.05) is 0 Å². The minimum atomic E-state index is -1.08. The van der Waals surface area contributed by atoms with E-state index >= 15 is 0 Å². The summed E-state index contributed by atoms with van der Waals surface area (Å²) in [6.07, 6.45) is 0.608. The van der Waals surface area contributed by atoms with Crippen molar-refractivity contribution < 1.29 is 24.0 Å². The van der Waals surface area contributed by atoms with Crippen LogP contribution >= 0.6 is 11.8 Å². The van der Waals surface area contributed by atoms with E-state index in [2.05, 4.69) is 5.32 Å². The van der Waals surface area contributed by atoms with Crippen LogP contribution in [0.2, 0.25) is 0 Å². The number of nitro benzene ring substituents is 1. The maximum Gasteiger partial charge on any atom is 0.339 e. The summed E-state index contributed by atoms with van der Waals surface area (Å²) >= 11 is 1.19. The van der Waals surface area contributed by atoms with E-state index in [0.717, 1.165) is 6.07 Å². The molecular weight excluding hydrogens is 384 g/mol. The van der Waals surface area contributed by atoms with Gasteiger partial charge in [0.1, 0.15) is 0 Å². The number of nitrogens with one attached hydrogen (secondary N) is 1. The molecule has 0 saturated heterocycles. The predicted molar refractivity (Wildman–Crippen MR) is 105 cm³/mol.